The number of piperidine rings is 1. The molecule has 1 amide bonds. The molecule has 38 heavy (non-hydrogen) atoms. The average molecular weight is 540 g/mol. The minimum Gasteiger partial charge on any atom is -0.336 e. The largest absolute Gasteiger partial charge is 0.336 e. The number of aromatic nitrogens is 3. The Labute approximate surface area is 221 Å². The van der Waals surface area contributed by atoms with Crippen molar-refractivity contribution in [1.29, 1.82) is 0 Å². The van der Waals surface area contributed by atoms with E-state index in [1.165, 1.54) is 18.3 Å². The van der Waals surface area contributed by atoms with Crippen LogP contribution in [0.5, 0.6) is 0 Å². The van der Waals surface area contributed by atoms with Gasteiger partial charge in [0.25, 0.3) is 5.91 Å². The van der Waals surface area contributed by atoms with Crippen LogP contribution >= 0.6 is 0 Å². The second-order valence-electron chi connectivity index (χ2n) is 9.99. The first-order chi connectivity index (χ1) is 18.1. The van der Waals surface area contributed by atoms with Gasteiger partial charge in [0.15, 0.2) is 0 Å². The highest BCUT2D eigenvalue weighted by molar-refractivity contribution is 7.92. The summed E-state index contributed by atoms with van der Waals surface area (Å²) in [6, 6.07) is 8.30. The molecule has 2 atom stereocenters. The lowest BCUT2D eigenvalue weighted by Gasteiger charge is -2.41. The van der Waals surface area contributed by atoms with Gasteiger partial charge in [0.1, 0.15) is 11.6 Å². The maximum Gasteiger partial charge on any atom is 0.254 e. The van der Waals surface area contributed by atoms with Crippen molar-refractivity contribution in [3.63, 3.8) is 0 Å². The van der Waals surface area contributed by atoms with Gasteiger partial charge < -0.3 is 10.2 Å². The van der Waals surface area contributed by atoms with Gasteiger partial charge in [-0.2, -0.15) is 0 Å². The Hall–Kier alpha value is -3.64. The second kappa shape index (κ2) is 10.3. The summed E-state index contributed by atoms with van der Waals surface area (Å²) in [6.45, 7) is 5.77. The number of nitrogens with zero attached hydrogens (tertiary/aromatic N) is 5. The highest BCUT2D eigenvalue weighted by atomic mass is 32.2. The van der Waals surface area contributed by atoms with Gasteiger partial charge in [0, 0.05) is 60.9 Å². The van der Waals surface area contributed by atoms with E-state index in [9.17, 15) is 17.6 Å². The number of benzene rings is 1. The molecule has 0 radical (unpaired) electrons. The molecule has 1 fully saturated rings. The maximum absolute atomic E-state index is 13.9. The predicted molar refractivity (Wildman–Crippen MR) is 142 cm³/mol. The Balaban J connectivity index is 1.21. The van der Waals surface area contributed by atoms with E-state index < -0.39 is 10.0 Å². The summed E-state index contributed by atoms with van der Waals surface area (Å²) in [5, 5.41) is 3.09. The van der Waals surface area contributed by atoms with Crippen molar-refractivity contribution in [2.24, 2.45) is 0 Å². The van der Waals surface area contributed by atoms with E-state index >= 15 is 0 Å². The van der Waals surface area contributed by atoms with Gasteiger partial charge in [0.2, 0.25) is 16.0 Å². The molecule has 2 aliphatic rings. The Morgan fingerprint density at radius 2 is 1.97 bits per heavy atom. The van der Waals surface area contributed by atoms with Crippen LogP contribution in [0.3, 0.4) is 0 Å². The lowest BCUT2D eigenvalue weighted by Crippen LogP contribution is -2.50. The summed E-state index contributed by atoms with van der Waals surface area (Å²) < 4.78 is 39.3. The Morgan fingerprint density at radius 3 is 2.71 bits per heavy atom. The lowest BCUT2D eigenvalue weighted by molar-refractivity contribution is 0.0460. The van der Waals surface area contributed by atoms with Crippen molar-refractivity contribution >= 4 is 33.4 Å². The number of aryl methyl sites for hydroxylation is 1. The van der Waals surface area contributed by atoms with Crippen LogP contribution in [0.4, 0.5) is 21.8 Å². The van der Waals surface area contributed by atoms with Gasteiger partial charge in [-0.05, 0) is 56.5 Å². The van der Waals surface area contributed by atoms with Crippen molar-refractivity contribution in [2.75, 3.05) is 22.8 Å². The molecule has 4 heterocycles. The number of sulfonamides is 1. The summed E-state index contributed by atoms with van der Waals surface area (Å²) in [4.78, 5) is 30.5. The molecule has 2 aromatic heterocycles. The van der Waals surface area contributed by atoms with Crippen LogP contribution in [0, 0.1) is 12.7 Å². The molecule has 0 saturated carbocycles. The summed E-state index contributed by atoms with van der Waals surface area (Å²) in [5.74, 6) is 0.132. The molecule has 200 valence electrons. The normalized spacial score (nSPS) is 19.7. The third-order valence-electron chi connectivity index (χ3n) is 7.03. The molecule has 2 N–H and O–H groups in total. The van der Waals surface area contributed by atoms with Gasteiger partial charge in [-0.25, -0.2) is 27.8 Å². The highest BCUT2D eigenvalue weighted by Crippen LogP contribution is 2.31. The summed E-state index contributed by atoms with van der Waals surface area (Å²) in [5.41, 5.74) is 3.59. The topological polar surface area (TPSA) is 120 Å². The fourth-order valence-electron chi connectivity index (χ4n) is 5.05. The molecular weight excluding hydrogens is 509 g/mol. The van der Waals surface area contributed by atoms with E-state index in [4.69, 9.17) is 0 Å². The molecule has 0 unspecified atom stereocenters. The quantitative estimate of drug-likeness (QED) is 0.489. The van der Waals surface area contributed by atoms with E-state index in [0.717, 1.165) is 36.9 Å². The number of anilines is 3. The number of carbonyl (C=O) groups excluding carboxylic acids is 1. The molecule has 1 aromatic carbocycles. The maximum atomic E-state index is 13.9. The van der Waals surface area contributed by atoms with E-state index in [1.54, 1.807) is 25.1 Å². The fraction of sp³-hybridized carbons (Fsp3) is 0.385. The van der Waals surface area contributed by atoms with E-state index in [0.29, 0.717) is 35.9 Å². The molecule has 12 heteroatoms. The zero-order valence-corrected chi connectivity index (χ0v) is 22.3. The third kappa shape index (κ3) is 5.76. The van der Waals surface area contributed by atoms with Crippen LogP contribution in [-0.4, -0.2) is 64.0 Å². The fourth-order valence-corrected chi connectivity index (χ4v) is 5.54. The van der Waals surface area contributed by atoms with Crippen molar-refractivity contribution in [1.82, 2.24) is 24.8 Å². The highest BCUT2D eigenvalue weighted by Gasteiger charge is 2.35. The van der Waals surface area contributed by atoms with Crippen molar-refractivity contribution < 1.29 is 17.6 Å². The molecule has 0 aliphatic carbocycles. The smallest absolute Gasteiger partial charge is 0.254 e. The Morgan fingerprint density at radius 1 is 1.16 bits per heavy atom. The van der Waals surface area contributed by atoms with E-state index in [1.807, 2.05) is 18.0 Å². The van der Waals surface area contributed by atoms with Crippen LogP contribution < -0.4 is 10.0 Å². The van der Waals surface area contributed by atoms with Gasteiger partial charge in [-0.1, -0.05) is 6.07 Å². The predicted octanol–water partition coefficient (Wildman–Crippen LogP) is 3.44. The number of pyridine rings is 1. The van der Waals surface area contributed by atoms with Crippen LogP contribution in [0.2, 0.25) is 0 Å². The molecule has 3 aromatic rings. The Kier molecular flexibility index (Phi) is 7.01. The molecule has 0 bridgehead atoms. The van der Waals surface area contributed by atoms with E-state index in [2.05, 4.69) is 29.9 Å². The number of hydrogen-bond donors (Lipinski definition) is 2. The van der Waals surface area contributed by atoms with Crippen molar-refractivity contribution in [2.45, 2.75) is 51.9 Å². The van der Waals surface area contributed by atoms with Crippen molar-refractivity contribution in [3.8, 4) is 0 Å². The number of carbonyl (C=O) groups is 1. The van der Waals surface area contributed by atoms with Gasteiger partial charge >= 0.3 is 0 Å². The number of likely N-dealkylation sites (tertiary alicyclic amines) is 1. The third-order valence-corrected chi connectivity index (χ3v) is 7.61. The standard InChI is InChI=1S/C26H30FN7O3S/c1-16-4-5-20(12-22(16)27)30-26-29-13-19-14-33(15-23(19)31-26)21-7-9-34(17(2)10-21)25(35)18-6-8-28-24(11-18)32-38(3,36)37/h4-6,8,11-13,17,21H,7,9-10,14-15H2,1-3H3,(H,28,32)(H,29,30,31)/t17-,21-/m1/s1. The van der Waals surface area contributed by atoms with Crippen molar-refractivity contribution in [3.05, 3.63) is 70.9 Å². The molecule has 2 aliphatic heterocycles. The number of hydrogen-bond acceptors (Lipinski definition) is 8. The van der Waals surface area contributed by atoms with Gasteiger partial charge in [-0.15, -0.1) is 0 Å². The minimum absolute atomic E-state index is 0.00388. The first-order valence-electron chi connectivity index (χ1n) is 12.4. The molecule has 0 spiro atoms. The number of amides is 1. The summed E-state index contributed by atoms with van der Waals surface area (Å²) >= 11 is 0. The minimum atomic E-state index is -3.49. The molecule has 1 saturated heterocycles. The number of nitrogens with one attached hydrogen (secondary N) is 2. The van der Waals surface area contributed by atoms with E-state index in [-0.39, 0.29) is 29.6 Å². The first-order valence-corrected chi connectivity index (χ1v) is 14.3. The zero-order chi connectivity index (χ0) is 27.0. The average Bonchev–Trinajstić information content (AvgIpc) is 3.28. The molecular formula is C26H30FN7O3S. The SMILES string of the molecule is Cc1ccc(Nc2ncc3c(n2)CN([C@@H]2CCN(C(=O)c4ccnc(NS(C)(=O)=O)c4)[C@H](C)C2)C3)cc1F. The van der Waals surface area contributed by atoms with Crippen LogP contribution in [0.25, 0.3) is 0 Å². The molecule has 5 rings (SSSR count). The number of halogens is 1. The van der Waals surface area contributed by atoms with Gasteiger partial charge in [-0.3, -0.25) is 14.4 Å². The zero-order valence-electron chi connectivity index (χ0n) is 21.5. The Bertz CT molecular complexity index is 1480. The van der Waals surface area contributed by atoms with Crippen LogP contribution in [0.15, 0.2) is 42.7 Å². The summed E-state index contributed by atoms with van der Waals surface area (Å²) in [6.07, 6.45) is 5.91. The number of fused-ring (bicyclic) bond motifs is 1. The first kappa shape index (κ1) is 26.0. The second-order valence-corrected chi connectivity index (χ2v) is 11.7. The van der Waals surface area contributed by atoms with Crippen LogP contribution in [0.1, 0.15) is 46.9 Å². The van der Waals surface area contributed by atoms with Crippen LogP contribution in [-0.2, 0) is 23.1 Å². The summed E-state index contributed by atoms with van der Waals surface area (Å²) in [7, 11) is -3.49. The molecule has 10 nitrogen and oxygen atoms in total. The van der Waals surface area contributed by atoms with Gasteiger partial charge in [0.05, 0.1) is 11.9 Å². The number of rotatable bonds is 6. The lowest BCUT2D eigenvalue weighted by atomic mass is 9.96. The monoisotopic (exact) mass is 539 g/mol.